The monoisotopic (exact) mass is 636 g/mol. The minimum Gasteiger partial charge on any atom is -0.475 e. The van der Waals surface area contributed by atoms with Gasteiger partial charge in [-0.15, -0.1) is 0 Å². The highest BCUT2D eigenvalue weighted by atomic mass is 28.4. The molecule has 2 aromatic heterocycles. The molecule has 0 bridgehead atoms. The molecule has 0 radical (unpaired) electrons. The molecule has 0 aromatic carbocycles. The lowest BCUT2D eigenvalue weighted by Crippen LogP contribution is -2.47. The molecule has 0 spiro atoms. The summed E-state index contributed by atoms with van der Waals surface area (Å²) in [6.07, 6.45) is 1.79. The zero-order chi connectivity index (χ0) is 33.4. The smallest absolute Gasteiger partial charge is 0.371 e. The lowest BCUT2D eigenvalue weighted by atomic mass is 10.1. The number of carboxylic acid groups (broad SMARTS) is 1. The highest BCUT2D eigenvalue weighted by molar-refractivity contribution is 6.78. The fourth-order valence-electron chi connectivity index (χ4n) is 7.53. The summed E-state index contributed by atoms with van der Waals surface area (Å²) < 4.78 is 24.3. The maximum absolute atomic E-state index is 11.2. The number of hydrogen-bond donors (Lipinski definition) is 1. The fourth-order valence-corrected chi connectivity index (χ4v) is 18.3. The highest BCUT2D eigenvalue weighted by Crippen LogP contribution is 2.44. The average Bonchev–Trinajstić information content (AvgIpc) is 3.51. The molecule has 0 saturated heterocycles. The molecule has 248 valence electrons. The van der Waals surface area contributed by atoms with Crippen LogP contribution in [0.25, 0.3) is 0 Å². The van der Waals surface area contributed by atoms with Crippen LogP contribution in [0.5, 0.6) is 0 Å². The first-order valence-corrected chi connectivity index (χ1v) is 20.7. The van der Waals surface area contributed by atoms with E-state index in [0.29, 0.717) is 52.4 Å². The van der Waals surface area contributed by atoms with Crippen molar-refractivity contribution in [2.75, 3.05) is 0 Å². The molecule has 2 heterocycles. The van der Waals surface area contributed by atoms with E-state index >= 15 is 0 Å². The lowest BCUT2D eigenvalue weighted by molar-refractivity contribution is 0.0660. The van der Waals surface area contributed by atoms with Gasteiger partial charge in [0.15, 0.2) is 0 Å². The second-order valence-corrected chi connectivity index (χ2v) is 25.6. The van der Waals surface area contributed by atoms with E-state index in [0.717, 1.165) is 17.1 Å². The molecule has 1 N–H and O–H groups in total. The summed E-state index contributed by atoms with van der Waals surface area (Å²) in [7, 11) is -3.76. The normalized spacial score (nSPS) is 13.0. The van der Waals surface area contributed by atoms with Crippen LogP contribution in [0.1, 0.15) is 156 Å². The minimum absolute atomic E-state index is 0.00166. The molecule has 0 aliphatic carbocycles. The molecule has 8 heteroatoms. The topological polar surface area (TPSA) is 82.0 Å². The summed E-state index contributed by atoms with van der Waals surface area (Å²) in [4.78, 5) is 11.2. The van der Waals surface area contributed by atoms with Crippen molar-refractivity contribution in [3.63, 3.8) is 0 Å². The van der Waals surface area contributed by atoms with Crippen LogP contribution in [0.15, 0.2) is 27.2 Å². The van der Waals surface area contributed by atoms with Crippen LogP contribution < -0.4 is 0 Å². The molecule has 43 heavy (non-hydrogen) atoms. The Bertz CT molecular complexity index is 1060. The molecule has 0 unspecified atom stereocenters. The Labute approximate surface area is 265 Å². The number of furan rings is 2. The summed E-state index contributed by atoms with van der Waals surface area (Å²) in [6.45, 7) is 36.9. The average molecular weight is 637 g/mol. The molecular weight excluding hydrogens is 573 g/mol. The minimum atomic E-state index is -1.98. The predicted molar refractivity (Wildman–Crippen MR) is 184 cm³/mol. The summed E-state index contributed by atoms with van der Waals surface area (Å²) in [5, 5.41) is 9.17. The first-order valence-electron chi connectivity index (χ1n) is 16.5. The van der Waals surface area contributed by atoms with Gasteiger partial charge in [0, 0.05) is 23.0 Å². The second-order valence-electron chi connectivity index (χ2n) is 14.6. The van der Waals surface area contributed by atoms with Crippen molar-refractivity contribution in [3.8, 4) is 0 Å². The molecule has 6 nitrogen and oxygen atoms in total. The van der Waals surface area contributed by atoms with Crippen LogP contribution in [0.2, 0.25) is 33.2 Å². The van der Waals surface area contributed by atoms with Crippen molar-refractivity contribution in [2.24, 2.45) is 0 Å². The first-order chi connectivity index (χ1) is 19.8. The molecule has 0 saturated carbocycles. The van der Waals surface area contributed by atoms with Crippen LogP contribution in [0, 0.1) is 0 Å². The number of aromatic carboxylic acids is 1. The van der Waals surface area contributed by atoms with Crippen molar-refractivity contribution < 1.29 is 27.6 Å². The maximum Gasteiger partial charge on any atom is 0.371 e. The standard InChI is InChI=1S/C18H32O4Si.C17H32O2Si/c1-11(2)17-15(9-16(22-17)18(19)20)10-21-23(12(3)4,13(5)6)14(7)8;1-12(2)17-16(9-10-18-17)11-19-20(13(3)4,14(5)6)15(7)8/h9,11-14H,10H2,1-8H3,(H,19,20);9-10,12-15H,11H2,1-8H3. The highest BCUT2D eigenvalue weighted by Gasteiger charge is 2.46. The van der Waals surface area contributed by atoms with E-state index in [1.807, 2.05) is 13.8 Å². The Balaban J connectivity index is 0.000000434. The SMILES string of the molecule is CC(C)c1oc(C(=O)O)cc1CO[Si](C(C)C)(C(C)C)C(C)C.CC(C)c1occc1CO[Si](C(C)C)(C(C)C)C(C)C. The molecule has 2 rings (SSSR count). The second kappa shape index (κ2) is 16.6. The molecule has 0 aliphatic rings. The van der Waals surface area contributed by atoms with Gasteiger partial charge in [-0.25, -0.2) is 4.79 Å². The Morgan fingerprint density at radius 1 is 0.651 bits per heavy atom. The van der Waals surface area contributed by atoms with Gasteiger partial charge in [-0.3, -0.25) is 0 Å². The van der Waals surface area contributed by atoms with Gasteiger partial charge in [-0.2, -0.15) is 0 Å². The third-order valence-corrected chi connectivity index (χ3v) is 21.4. The molecule has 2 aromatic rings. The number of carbonyl (C=O) groups is 1. The first kappa shape index (κ1) is 39.4. The van der Waals surface area contributed by atoms with Gasteiger partial charge >= 0.3 is 5.97 Å². The van der Waals surface area contributed by atoms with Crippen molar-refractivity contribution >= 4 is 22.6 Å². The lowest BCUT2D eigenvalue weighted by Gasteiger charge is -2.42. The van der Waals surface area contributed by atoms with Crippen molar-refractivity contribution in [2.45, 2.75) is 169 Å². The number of hydrogen-bond acceptors (Lipinski definition) is 5. The van der Waals surface area contributed by atoms with Crippen LogP contribution in [-0.4, -0.2) is 27.7 Å². The molecule has 0 amide bonds. The van der Waals surface area contributed by atoms with Crippen LogP contribution in [0.3, 0.4) is 0 Å². The van der Waals surface area contributed by atoms with Gasteiger partial charge in [-0.1, -0.05) is 111 Å². The van der Waals surface area contributed by atoms with Gasteiger partial charge < -0.3 is 22.8 Å². The van der Waals surface area contributed by atoms with E-state index in [9.17, 15) is 9.90 Å². The van der Waals surface area contributed by atoms with Gasteiger partial charge in [0.05, 0.1) is 19.5 Å². The predicted octanol–water partition coefficient (Wildman–Crippen LogP) is 11.9. The Hall–Kier alpha value is -1.62. The summed E-state index contributed by atoms with van der Waals surface area (Å²) in [5.74, 6) is 1.31. The third kappa shape index (κ3) is 9.21. The fraction of sp³-hybridized carbons (Fsp3) is 0.743. The van der Waals surface area contributed by atoms with Gasteiger partial charge in [0.2, 0.25) is 22.4 Å². The van der Waals surface area contributed by atoms with E-state index in [1.54, 1.807) is 12.3 Å². The number of rotatable bonds is 15. The van der Waals surface area contributed by atoms with Crippen molar-refractivity contribution in [1.82, 2.24) is 0 Å². The van der Waals surface area contributed by atoms with E-state index in [-0.39, 0.29) is 11.7 Å². The summed E-state index contributed by atoms with van der Waals surface area (Å²) in [6, 6.07) is 3.69. The largest absolute Gasteiger partial charge is 0.475 e. The van der Waals surface area contributed by atoms with E-state index < -0.39 is 22.6 Å². The van der Waals surface area contributed by atoms with Crippen LogP contribution >= 0.6 is 0 Å². The molecule has 0 aliphatic heterocycles. The van der Waals surface area contributed by atoms with E-state index in [4.69, 9.17) is 17.7 Å². The third-order valence-electron chi connectivity index (χ3n) is 9.25. The summed E-state index contributed by atoms with van der Waals surface area (Å²) in [5.41, 5.74) is 5.45. The van der Waals surface area contributed by atoms with Gasteiger partial charge in [0.25, 0.3) is 0 Å². The zero-order valence-corrected chi connectivity index (χ0v) is 32.3. The zero-order valence-electron chi connectivity index (χ0n) is 30.3. The quantitative estimate of drug-likeness (QED) is 0.196. The molecule has 0 atom stereocenters. The van der Waals surface area contributed by atoms with Gasteiger partial charge in [-0.05, 0) is 45.4 Å². The van der Waals surface area contributed by atoms with E-state index in [1.165, 1.54) is 5.56 Å². The maximum atomic E-state index is 11.2. The van der Waals surface area contributed by atoms with Crippen molar-refractivity contribution in [1.29, 1.82) is 0 Å². The van der Waals surface area contributed by atoms with Gasteiger partial charge in [0.1, 0.15) is 11.5 Å². The Morgan fingerprint density at radius 3 is 1.35 bits per heavy atom. The van der Waals surface area contributed by atoms with E-state index in [2.05, 4.69) is 103 Å². The summed E-state index contributed by atoms with van der Waals surface area (Å²) >= 11 is 0. The Kier molecular flexibility index (Phi) is 15.2. The molecule has 0 fully saturated rings. The molecular formula is C35H64O6Si2. The van der Waals surface area contributed by atoms with Crippen LogP contribution in [0.4, 0.5) is 0 Å². The van der Waals surface area contributed by atoms with Crippen LogP contribution in [-0.2, 0) is 22.1 Å². The van der Waals surface area contributed by atoms with Crippen molar-refractivity contribution in [3.05, 3.63) is 46.8 Å². The number of carboxylic acids is 1. The Morgan fingerprint density at radius 2 is 1.02 bits per heavy atom.